The molecule has 2 saturated carbocycles. The summed E-state index contributed by atoms with van der Waals surface area (Å²) in [5.74, 6) is 1.17. The minimum atomic E-state index is -3.37. The third-order valence-corrected chi connectivity index (χ3v) is 11.3. The Balaban J connectivity index is 1.27. The molecule has 0 aromatic rings. The van der Waals surface area contributed by atoms with Gasteiger partial charge in [0.25, 0.3) is 0 Å². The first-order valence-electron chi connectivity index (χ1n) is 12.8. The van der Waals surface area contributed by atoms with Crippen molar-refractivity contribution < 1.29 is 27.4 Å². The van der Waals surface area contributed by atoms with Crippen LogP contribution in [0.4, 0.5) is 0 Å². The lowest BCUT2D eigenvalue weighted by molar-refractivity contribution is -0.132. The summed E-state index contributed by atoms with van der Waals surface area (Å²) in [5, 5.41) is 5.47. The molecular formula is C24H42N2O6S. The van der Waals surface area contributed by atoms with E-state index in [4.69, 9.17) is 14.2 Å². The van der Waals surface area contributed by atoms with Crippen LogP contribution in [0.15, 0.2) is 0 Å². The highest BCUT2D eigenvalue weighted by atomic mass is 32.2. The zero-order valence-corrected chi connectivity index (χ0v) is 21.1. The minimum Gasteiger partial charge on any atom is -0.380 e. The summed E-state index contributed by atoms with van der Waals surface area (Å²) >= 11 is 0. The molecule has 4 rings (SSSR count). The average molecular weight is 487 g/mol. The van der Waals surface area contributed by atoms with E-state index in [1.807, 2.05) is 0 Å². The second-order valence-electron chi connectivity index (χ2n) is 10.7. The molecule has 4 aliphatic rings. The second kappa shape index (κ2) is 10.9. The van der Waals surface area contributed by atoms with Crippen LogP contribution in [0.5, 0.6) is 0 Å². The van der Waals surface area contributed by atoms with E-state index in [2.05, 4.69) is 17.6 Å². The summed E-state index contributed by atoms with van der Waals surface area (Å²) in [7, 11) is -0.158. The van der Waals surface area contributed by atoms with E-state index in [0.29, 0.717) is 37.1 Å². The van der Waals surface area contributed by atoms with E-state index >= 15 is 0 Å². The van der Waals surface area contributed by atoms with E-state index in [-0.39, 0.29) is 35.6 Å². The molecule has 8 nitrogen and oxygen atoms in total. The number of rotatable bonds is 7. The molecule has 33 heavy (non-hydrogen) atoms. The zero-order valence-electron chi connectivity index (χ0n) is 20.3. The average Bonchev–Trinajstić information content (AvgIpc) is 3.26. The van der Waals surface area contributed by atoms with Gasteiger partial charge in [-0.25, -0.2) is 8.42 Å². The Kier molecular flexibility index (Phi) is 8.37. The molecular weight excluding hydrogens is 444 g/mol. The van der Waals surface area contributed by atoms with Crippen molar-refractivity contribution in [2.45, 2.75) is 93.2 Å². The standard InChI is InChI=1S/C24H42N2O6S/c1-15-10-19(30-2)23(20(11-15)31-3)33(28,29)18-6-4-16(5-7-18)13-26-24(27)21-12-17-8-9-25-14-22(17)32-21/h15-23,25H,4-14H2,1-3H3,(H,26,27). The molecule has 1 amide bonds. The van der Waals surface area contributed by atoms with Crippen molar-refractivity contribution >= 4 is 15.7 Å². The van der Waals surface area contributed by atoms with Gasteiger partial charge in [0.1, 0.15) is 11.4 Å². The van der Waals surface area contributed by atoms with Crippen LogP contribution in [0.25, 0.3) is 0 Å². The molecule has 0 spiro atoms. The van der Waals surface area contributed by atoms with Gasteiger partial charge in [0.05, 0.1) is 23.6 Å². The van der Waals surface area contributed by atoms with Crippen molar-refractivity contribution in [3.8, 4) is 0 Å². The number of hydrogen-bond acceptors (Lipinski definition) is 7. The van der Waals surface area contributed by atoms with Crippen LogP contribution < -0.4 is 10.6 Å². The SMILES string of the molecule is COC1CC(C)CC(OC)C1S(=O)(=O)C1CCC(CNC(=O)C2CC3CCNCC3O2)CC1. The number of hydrogen-bond donors (Lipinski definition) is 2. The molecule has 5 unspecified atom stereocenters. The lowest BCUT2D eigenvalue weighted by atomic mass is 9.86. The Morgan fingerprint density at radius 3 is 2.30 bits per heavy atom. The molecule has 2 N–H and O–H groups in total. The summed E-state index contributed by atoms with van der Waals surface area (Å²) in [6.45, 7) is 4.56. The fraction of sp³-hybridized carbons (Fsp3) is 0.958. The third-order valence-electron chi connectivity index (χ3n) is 8.52. The fourth-order valence-electron chi connectivity index (χ4n) is 6.55. The molecule has 2 aliphatic heterocycles. The van der Waals surface area contributed by atoms with Crippen molar-refractivity contribution in [1.82, 2.24) is 10.6 Å². The van der Waals surface area contributed by atoms with E-state index in [9.17, 15) is 13.2 Å². The fourth-order valence-corrected chi connectivity index (χ4v) is 9.21. The molecule has 190 valence electrons. The van der Waals surface area contributed by atoms with Gasteiger partial charge in [0.15, 0.2) is 9.84 Å². The van der Waals surface area contributed by atoms with Crippen LogP contribution in [-0.2, 0) is 28.8 Å². The lowest BCUT2D eigenvalue weighted by Crippen LogP contribution is -2.53. The zero-order chi connectivity index (χ0) is 23.6. The minimum absolute atomic E-state index is 0.0126. The predicted octanol–water partition coefficient (Wildman–Crippen LogP) is 1.67. The summed E-state index contributed by atoms with van der Waals surface area (Å²) < 4.78 is 44.4. The van der Waals surface area contributed by atoms with E-state index in [1.54, 1.807) is 14.2 Å². The first kappa shape index (κ1) is 25.4. The van der Waals surface area contributed by atoms with Crippen molar-refractivity contribution in [2.75, 3.05) is 33.9 Å². The molecule has 0 bridgehead atoms. The molecule has 0 aromatic carbocycles. The van der Waals surface area contributed by atoms with Gasteiger partial charge in [-0.15, -0.1) is 0 Å². The lowest BCUT2D eigenvalue weighted by Gasteiger charge is -2.41. The van der Waals surface area contributed by atoms with Crippen molar-refractivity contribution in [2.24, 2.45) is 17.8 Å². The number of sulfone groups is 1. The number of nitrogens with one attached hydrogen (secondary N) is 2. The molecule has 5 atom stereocenters. The first-order chi connectivity index (χ1) is 15.8. The highest BCUT2D eigenvalue weighted by molar-refractivity contribution is 7.92. The number of ether oxygens (including phenoxy) is 3. The van der Waals surface area contributed by atoms with Gasteiger partial charge in [-0.1, -0.05) is 6.92 Å². The van der Waals surface area contributed by atoms with Crippen LogP contribution in [0.1, 0.15) is 58.3 Å². The number of fused-ring (bicyclic) bond motifs is 1. The predicted molar refractivity (Wildman–Crippen MR) is 126 cm³/mol. The van der Waals surface area contributed by atoms with E-state index < -0.39 is 15.1 Å². The maximum atomic E-state index is 13.6. The Bertz CT molecular complexity index is 741. The highest BCUT2D eigenvalue weighted by Crippen LogP contribution is 2.38. The molecule has 4 fully saturated rings. The van der Waals surface area contributed by atoms with Crippen LogP contribution in [0, 0.1) is 17.8 Å². The first-order valence-corrected chi connectivity index (χ1v) is 14.4. The summed E-state index contributed by atoms with van der Waals surface area (Å²) in [6, 6.07) is 0. The van der Waals surface area contributed by atoms with E-state index in [1.165, 1.54) is 0 Å². The largest absolute Gasteiger partial charge is 0.380 e. The van der Waals surface area contributed by atoms with Gasteiger partial charge >= 0.3 is 0 Å². The number of carbonyl (C=O) groups excluding carboxylic acids is 1. The molecule has 2 heterocycles. The van der Waals surface area contributed by atoms with Crippen LogP contribution in [0.3, 0.4) is 0 Å². The maximum Gasteiger partial charge on any atom is 0.249 e. The number of piperidine rings is 1. The molecule has 0 radical (unpaired) electrons. The molecule has 2 aliphatic carbocycles. The Hall–Kier alpha value is -0.740. The van der Waals surface area contributed by atoms with Crippen LogP contribution in [-0.4, -0.2) is 83.1 Å². The Labute approximate surface area is 198 Å². The van der Waals surface area contributed by atoms with Crippen molar-refractivity contribution in [3.63, 3.8) is 0 Å². The number of amides is 1. The normalized spacial score (nSPS) is 42.0. The van der Waals surface area contributed by atoms with Gasteiger partial charge in [-0.05, 0) is 75.7 Å². The summed E-state index contributed by atoms with van der Waals surface area (Å²) in [6.07, 6.45) is 5.46. The summed E-state index contributed by atoms with van der Waals surface area (Å²) in [5.41, 5.74) is 0. The molecule has 2 saturated heterocycles. The topological polar surface area (TPSA) is 103 Å². The Morgan fingerprint density at radius 1 is 1.03 bits per heavy atom. The van der Waals surface area contributed by atoms with Crippen molar-refractivity contribution in [1.29, 1.82) is 0 Å². The van der Waals surface area contributed by atoms with Gasteiger partial charge in [0, 0.05) is 27.3 Å². The Morgan fingerprint density at radius 2 is 1.70 bits per heavy atom. The van der Waals surface area contributed by atoms with Crippen molar-refractivity contribution in [3.05, 3.63) is 0 Å². The monoisotopic (exact) mass is 486 g/mol. The van der Waals surface area contributed by atoms with E-state index in [0.717, 1.165) is 51.6 Å². The van der Waals surface area contributed by atoms with Gasteiger partial charge in [0.2, 0.25) is 5.91 Å². The number of methoxy groups -OCH3 is 2. The molecule has 9 heteroatoms. The second-order valence-corrected chi connectivity index (χ2v) is 13.1. The third kappa shape index (κ3) is 5.58. The summed E-state index contributed by atoms with van der Waals surface area (Å²) in [4.78, 5) is 12.6. The quantitative estimate of drug-likeness (QED) is 0.564. The van der Waals surface area contributed by atoms with Crippen LogP contribution in [0.2, 0.25) is 0 Å². The van der Waals surface area contributed by atoms with Gasteiger partial charge in [-0.3, -0.25) is 4.79 Å². The van der Waals surface area contributed by atoms with Gasteiger partial charge < -0.3 is 24.8 Å². The number of carbonyl (C=O) groups is 1. The van der Waals surface area contributed by atoms with Gasteiger partial charge in [-0.2, -0.15) is 0 Å². The smallest absolute Gasteiger partial charge is 0.249 e. The molecule has 0 aromatic heterocycles. The highest BCUT2D eigenvalue weighted by Gasteiger charge is 2.48. The van der Waals surface area contributed by atoms with Crippen LogP contribution >= 0.6 is 0 Å². The maximum absolute atomic E-state index is 13.6.